The summed E-state index contributed by atoms with van der Waals surface area (Å²) < 4.78 is 15.0. The quantitative estimate of drug-likeness (QED) is 0.273. The lowest BCUT2D eigenvalue weighted by Gasteiger charge is -2.20. The SMILES string of the molecule is COC1=C(OC)C(=O)C(CCCCCCCCCCOC(C)=O)=C(C)C1=O. The van der Waals surface area contributed by atoms with Gasteiger partial charge in [-0.25, -0.2) is 0 Å². The Kier molecular flexibility index (Phi) is 10.5. The summed E-state index contributed by atoms with van der Waals surface area (Å²) in [7, 11) is 2.75. The molecule has 0 saturated heterocycles. The van der Waals surface area contributed by atoms with Crippen LogP contribution in [-0.4, -0.2) is 38.4 Å². The van der Waals surface area contributed by atoms with Crippen molar-refractivity contribution in [1.29, 1.82) is 0 Å². The van der Waals surface area contributed by atoms with Gasteiger partial charge in [0, 0.05) is 18.1 Å². The summed E-state index contributed by atoms with van der Waals surface area (Å²) in [5.74, 6) is -0.712. The molecule has 6 heteroatoms. The lowest BCUT2D eigenvalue weighted by atomic mass is 9.89. The van der Waals surface area contributed by atoms with E-state index >= 15 is 0 Å². The van der Waals surface area contributed by atoms with Gasteiger partial charge in [0.1, 0.15) is 0 Å². The molecule has 0 saturated carbocycles. The summed E-state index contributed by atoms with van der Waals surface area (Å²) in [4.78, 5) is 35.4. The maximum absolute atomic E-state index is 12.5. The van der Waals surface area contributed by atoms with Gasteiger partial charge in [-0.15, -0.1) is 0 Å². The largest absolute Gasteiger partial charge is 0.489 e. The molecule has 6 nitrogen and oxygen atoms in total. The summed E-state index contributed by atoms with van der Waals surface area (Å²) in [5, 5.41) is 0. The van der Waals surface area contributed by atoms with Gasteiger partial charge in [0.25, 0.3) is 0 Å². The fourth-order valence-electron chi connectivity index (χ4n) is 3.17. The first kappa shape index (κ1) is 22.9. The Hall–Kier alpha value is -2.11. The van der Waals surface area contributed by atoms with Crippen LogP contribution in [0.4, 0.5) is 0 Å². The Balaban J connectivity index is 2.25. The maximum Gasteiger partial charge on any atom is 0.302 e. The van der Waals surface area contributed by atoms with Crippen LogP contribution >= 0.6 is 0 Å². The summed E-state index contributed by atoms with van der Waals surface area (Å²) in [6, 6.07) is 0. The molecule has 0 N–H and O–H groups in total. The van der Waals surface area contributed by atoms with Gasteiger partial charge < -0.3 is 14.2 Å². The van der Waals surface area contributed by atoms with Crippen molar-refractivity contribution in [3.05, 3.63) is 22.7 Å². The van der Waals surface area contributed by atoms with Crippen LogP contribution in [0.2, 0.25) is 0 Å². The van der Waals surface area contributed by atoms with E-state index in [1.807, 2.05) is 0 Å². The summed E-state index contributed by atoms with van der Waals surface area (Å²) in [5.41, 5.74) is 1.01. The molecule has 0 fully saturated rings. The average molecular weight is 380 g/mol. The fourth-order valence-corrected chi connectivity index (χ4v) is 3.17. The van der Waals surface area contributed by atoms with Gasteiger partial charge in [0.05, 0.1) is 20.8 Å². The molecule has 0 spiro atoms. The highest BCUT2D eigenvalue weighted by Gasteiger charge is 2.34. The van der Waals surface area contributed by atoms with Crippen LogP contribution in [0, 0.1) is 0 Å². The molecule has 0 amide bonds. The molecular formula is C21H32O6. The van der Waals surface area contributed by atoms with E-state index in [0.29, 0.717) is 24.2 Å². The highest BCUT2D eigenvalue weighted by molar-refractivity contribution is 6.23. The second kappa shape index (κ2) is 12.3. The Morgan fingerprint density at radius 3 is 1.78 bits per heavy atom. The first-order valence-corrected chi connectivity index (χ1v) is 9.68. The molecule has 0 heterocycles. The number of rotatable bonds is 13. The fraction of sp³-hybridized carbons (Fsp3) is 0.667. The molecule has 0 unspecified atom stereocenters. The highest BCUT2D eigenvalue weighted by Crippen LogP contribution is 2.28. The minimum absolute atomic E-state index is 0.00236. The van der Waals surface area contributed by atoms with Crippen molar-refractivity contribution in [2.45, 2.75) is 71.6 Å². The van der Waals surface area contributed by atoms with Crippen LogP contribution in [0.5, 0.6) is 0 Å². The van der Waals surface area contributed by atoms with Gasteiger partial charge in [-0.2, -0.15) is 0 Å². The molecule has 27 heavy (non-hydrogen) atoms. The van der Waals surface area contributed by atoms with Crippen molar-refractivity contribution in [3.8, 4) is 0 Å². The standard InChI is InChI=1S/C21H32O6/c1-15-17(19(24)21(26-4)20(25-3)18(15)23)13-11-9-7-5-6-8-10-12-14-27-16(2)22/h5-14H2,1-4H3. The molecule has 0 aromatic heterocycles. The molecule has 0 aromatic rings. The zero-order valence-corrected chi connectivity index (χ0v) is 17.0. The number of allylic oxidation sites excluding steroid dienone is 2. The zero-order chi connectivity index (χ0) is 20.2. The number of hydrogen-bond donors (Lipinski definition) is 0. The van der Waals surface area contributed by atoms with Gasteiger partial charge in [0.15, 0.2) is 0 Å². The highest BCUT2D eigenvalue weighted by atomic mass is 16.5. The second-order valence-corrected chi connectivity index (χ2v) is 6.75. The van der Waals surface area contributed by atoms with Gasteiger partial charge >= 0.3 is 5.97 Å². The number of unbranched alkanes of at least 4 members (excludes halogenated alkanes) is 7. The zero-order valence-electron chi connectivity index (χ0n) is 17.0. The summed E-state index contributed by atoms with van der Waals surface area (Å²) in [6.45, 7) is 3.62. The number of methoxy groups -OCH3 is 2. The van der Waals surface area contributed by atoms with Gasteiger partial charge in [-0.3, -0.25) is 14.4 Å². The number of esters is 1. The molecule has 0 atom stereocenters. The lowest BCUT2D eigenvalue weighted by Crippen LogP contribution is -2.25. The first-order chi connectivity index (χ1) is 12.9. The first-order valence-electron chi connectivity index (χ1n) is 9.68. The number of ether oxygens (including phenoxy) is 3. The minimum Gasteiger partial charge on any atom is -0.489 e. The number of ketones is 2. The average Bonchev–Trinajstić information content (AvgIpc) is 2.64. The second-order valence-electron chi connectivity index (χ2n) is 6.75. The van der Waals surface area contributed by atoms with E-state index in [1.54, 1.807) is 6.92 Å². The Morgan fingerprint density at radius 1 is 0.778 bits per heavy atom. The van der Waals surface area contributed by atoms with E-state index in [-0.39, 0.29) is 29.1 Å². The summed E-state index contributed by atoms with van der Waals surface area (Å²) in [6.07, 6.45) is 9.03. The van der Waals surface area contributed by atoms with Crippen LogP contribution in [-0.2, 0) is 28.6 Å². The number of Topliss-reactive ketones (excluding diaryl/α,β-unsaturated/α-hetero) is 2. The predicted molar refractivity (Wildman–Crippen MR) is 102 cm³/mol. The van der Waals surface area contributed by atoms with Crippen molar-refractivity contribution in [1.82, 2.24) is 0 Å². The summed E-state index contributed by atoms with van der Waals surface area (Å²) >= 11 is 0. The van der Waals surface area contributed by atoms with Crippen molar-refractivity contribution in [2.24, 2.45) is 0 Å². The van der Waals surface area contributed by atoms with E-state index in [4.69, 9.17) is 14.2 Å². The monoisotopic (exact) mass is 380 g/mol. The van der Waals surface area contributed by atoms with Gasteiger partial charge in [-0.1, -0.05) is 38.5 Å². The number of carbonyl (C=O) groups excluding carboxylic acids is 3. The van der Waals surface area contributed by atoms with Crippen LogP contribution < -0.4 is 0 Å². The van der Waals surface area contributed by atoms with Crippen molar-refractivity contribution in [2.75, 3.05) is 20.8 Å². The molecule has 0 radical (unpaired) electrons. The molecule has 0 aliphatic heterocycles. The lowest BCUT2D eigenvalue weighted by molar-refractivity contribution is -0.141. The van der Waals surface area contributed by atoms with Crippen molar-refractivity contribution >= 4 is 17.5 Å². The van der Waals surface area contributed by atoms with E-state index < -0.39 is 0 Å². The van der Waals surface area contributed by atoms with Crippen LogP contribution in [0.15, 0.2) is 22.7 Å². The Bertz CT molecular complexity index is 600. The topological polar surface area (TPSA) is 78.9 Å². The molecule has 1 aliphatic rings. The van der Waals surface area contributed by atoms with Crippen LogP contribution in [0.25, 0.3) is 0 Å². The third-order valence-electron chi connectivity index (χ3n) is 4.72. The predicted octanol–water partition coefficient (Wildman–Crippen LogP) is 4.03. The Morgan fingerprint density at radius 2 is 1.26 bits per heavy atom. The number of carbonyl (C=O) groups is 3. The van der Waals surface area contributed by atoms with Crippen LogP contribution in [0.3, 0.4) is 0 Å². The van der Waals surface area contributed by atoms with E-state index in [2.05, 4.69) is 0 Å². The molecule has 0 aromatic carbocycles. The van der Waals surface area contributed by atoms with E-state index in [0.717, 1.165) is 51.4 Å². The maximum atomic E-state index is 12.5. The molecule has 1 aliphatic carbocycles. The minimum atomic E-state index is -0.266. The molecular weight excluding hydrogens is 348 g/mol. The Labute approximate surface area is 161 Å². The van der Waals surface area contributed by atoms with Crippen molar-refractivity contribution in [3.63, 3.8) is 0 Å². The molecule has 0 bridgehead atoms. The van der Waals surface area contributed by atoms with E-state index in [9.17, 15) is 14.4 Å². The van der Waals surface area contributed by atoms with Gasteiger partial charge in [0.2, 0.25) is 23.1 Å². The normalized spacial score (nSPS) is 14.7. The third-order valence-corrected chi connectivity index (χ3v) is 4.72. The van der Waals surface area contributed by atoms with Crippen LogP contribution in [0.1, 0.15) is 71.6 Å². The van der Waals surface area contributed by atoms with E-state index in [1.165, 1.54) is 21.1 Å². The molecule has 152 valence electrons. The smallest absolute Gasteiger partial charge is 0.302 e. The third kappa shape index (κ3) is 7.19. The van der Waals surface area contributed by atoms with Crippen molar-refractivity contribution < 1.29 is 28.6 Å². The van der Waals surface area contributed by atoms with Gasteiger partial charge in [-0.05, 0) is 26.2 Å². The molecule has 1 rings (SSSR count). The number of hydrogen-bond acceptors (Lipinski definition) is 6.